The second-order valence-corrected chi connectivity index (χ2v) is 8.10. The van der Waals surface area contributed by atoms with E-state index in [0.29, 0.717) is 12.2 Å². The molecule has 2 aromatic rings. The zero-order valence-corrected chi connectivity index (χ0v) is 16.0. The third kappa shape index (κ3) is 4.13. The fourth-order valence-electron chi connectivity index (χ4n) is 3.68. The van der Waals surface area contributed by atoms with Gasteiger partial charge >= 0.3 is 5.97 Å². The SMILES string of the molecule is O=C(O)c1ccc2c(c1)C(SCCN1CCNCC1)c1ccccc1CO2. The quantitative estimate of drug-likeness (QED) is 0.826. The van der Waals surface area contributed by atoms with Crippen molar-refractivity contribution < 1.29 is 14.6 Å². The molecule has 0 radical (unpaired) electrons. The van der Waals surface area contributed by atoms with Crippen molar-refractivity contribution in [3.05, 3.63) is 64.7 Å². The number of ether oxygens (including phenoxy) is 1. The van der Waals surface area contributed by atoms with E-state index in [1.165, 1.54) is 11.1 Å². The molecule has 0 amide bonds. The summed E-state index contributed by atoms with van der Waals surface area (Å²) < 4.78 is 6.01. The smallest absolute Gasteiger partial charge is 0.335 e. The molecule has 1 atom stereocenters. The second-order valence-electron chi connectivity index (χ2n) is 6.89. The number of fused-ring (bicyclic) bond motifs is 2. The van der Waals surface area contributed by atoms with Gasteiger partial charge in [0.15, 0.2) is 0 Å². The van der Waals surface area contributed by atoms with Crippen molar-refractivity contribution in [2.24, 2.45) is 0 Å². The minimum Gasteiger partial charge on any atom is -0.489 e. The van der Waals surface area contributed by atoms with E-state index in [0.717, 1.165) is 49.8 Å². The number of carboxylic acid groups (broad SMARTS) is 1. The lowest BCUT2D eigenvalue weighted by Crippen LogP contribution is -2.44. The van der Waals surface area contributed by atoms with Crippen LogP contribution in [0.3, 0.4) is 0 Å². The zero-order chi connectivity index (χ0) is 18.6. The van der Waals surface area contributed by atoms with Crippen LogP contribution in [-0.4, -0.2) is 54.5 Å². The van der Waals surface area contributed by atoms with Crippen LogP contribution >= 0.6 is 11.8 Å². The lowest BCUT2D eigenvalue weighted by atomic mass is 9.98. The lowest BCUT2D eigenvalue weighted by Gasteiger charge is -2.28. The molecule has 4 rings (SSSR count). The molecule has 0 bridgehead atoms. The molecule has 0 aliphatic carbocycles. The molecule has 1 fully saturated rings. The maximum Gasteiger partial charge on any atom is 0.335 e. The Balaban J connectivity index is 1.61. The van der Waals surface area contributed by atoms with Crippen molar-refractivity contribution in [1.29, 1.82) is 0 Å². The van der Waals surface area contributed by atoms with Gasteiger partial charge in [0, 0.05) is 44.0 Å². The molecule has 0 spiro atoms. The highest BCUT2D eigenvalue weighted by Crippen LogP contribution is 2.44. The molecule has 142 valence electrons. The number of hydrogen-bond acceptors (Lipinski definition) is 5. The molecule has 2 aliphatic rings. The molecule has 27 heavy (non-hydrogen) atoms. The minimum absolute atomic E-state index is 0.0842. The normalized spacial score (nSPS) is 19.5. The highest BCUT2D eigenvalue weighted by atomic mass is 32.2. The third-order valence-electron chi connectivity index (χ3n) is 5.16. The summed E-state index contributed by atoms with van der Waals surface area (Å²) >= 11 is 1.88. The van der Waals surface area contributed by atoms with Crippen molar-refractivity contribution in [3.63, 3.8) is 0 Å². The van der Waals surface area contributed by atoms with Crippen LogP contribution in [0.1, 0.15) is 32.3 Å². The van der Waals surface area contributed by atoms with Crippen LogP contribution in [0, 0.1) is 0 Å². The highest BCUT2D eigenvalue weighted by molar-refractivity contribution is 7.99. The molecule has 0 aromatic heterocycles. The highest BCUT2D eigenvalue weighted by Gasteiger charge is 2.26. The molecule has 1 saturated heterocycles. The number of thioether (sulfide) groups is 1. The number of carboxylic acids is 1. The Morgan fingerprint density at radius 1 is 1.19 bits per heavy atom. The van der Waals surface area contributed by atoms with Crippen LogP contribution in [0.15, 0.2) is 42.5 Å². The van der Waals surface area contributed by atoms with Gasteiger partial charge in [0.05, 0.1) is 10.8 Å². The van der Waals surface area contributed by atoms with E-state index in [1.54, 1.807) is 18.2 Å². The Morgan fingerprint density at radius 2 is 2.00 bits per heavy atom. The molecule has 6 heteroatoms. The minimum atomic E-state index is -0.903. The average Bonchev–Trinajstić information content (AvgIpc) is 2.86. The first-order valence-electron chi connectivity index (χ1n) is 9.35. The van der Waals surface area contributed by atoms with Crippen molar-refractivity contribution in [2.45, 2.75) is 11.9 Å². The van der Waals surface area contributed by atoms with E-state index < -0.39 is 5.97 Å². The fraction of sp³-hybridized carbons (Fsp3) is 0.381. The molecule has 2 aromatic carbocycles. The monoisotopic (exact) mass is 384 g/mol. The van der Waals surface area contributed by atoms with Gasteiger partial charge in [0.25, 0.3) is 0 Å². The molecule has 2 N–H and O–H groups in total. The molecular formula is C21H24N2O3S. The largest absolute Gasteiger partial charge is 0.489 e. The number of hydrogen-bond donors (Lipinski definition) is 2. The van der Waals surface area contributed by atoms with E-state index in [4.69, 9.17) is 4.74 Å². The summed E-state index contributed by atoms with van der Waals surface area (Å²) in [4.78, 5) is 14.0. The van der Waals surface area contributed by atoms with Gasteiger partial charge in [-0.25, -0.2) is 4.79 Å². The molecule has 2 aliphatic heterocycles. The topological polar surface area (TPSA) is 61.8 Å². The number of benzene rings is 2. The number of piperazine rings is 1. The van der Waals surface area contributed by atoms with Crippen molar-refractivity contribution in [1.82, 2.24) is 10.2 Å². The van der Waals surface area contributed by atoms with Gasteiger partial charge in [0.2, 0.25) is 0 Å². The number of carbonyl (C=O) groups is 1. The summed E-state index contributed by atoms with van der Waals surface area (Å²) in [7, 11) is 0. The summed E-state index contributed by atoms with van der Waals surface area (Å²) in [6.45, 7) is 5.84. The first kappa shape index (κ1) is 18.3. The van der Waals surface area contributed by atoms with Gasteiger partial charge in [-0.1, -0.05) is 24.3 Å². The van der Waals surface area contributed by atoms with Crippen LogP contribution in [-0.2, 0) is 6.61 Å². The van der Waals surface area contributed by atoms with Crippen LogP contribution < -0.4 is 10.1 Å². The van der Waals surface area contributed by atoms with E-state index in [9.17, 15) is 9.90 Å². The summed E-state index contributed by atoms with van der Waals surface area (Å²) in [6, 6.07) is 13.5. The van der Waals surface area contributed by atoms with Crippen LogP contribution in [0.5, 0.6) is 5.75 Å². The van der Waals surface area contributed by atoms with E-state index >= 15 is 0 Å². The Kier molecular flexibility index (Phi) is 5.66. The van der Waals surface area contributed by atoms with Gasteiger partial charge < -0.3 is 15.2 Å². The average molecular weight is 385 g/mol. The Morgan fingerprint density at radius 3 is 2.81 bits per heavy atom. The number of nitrogens with one attached hydrogen (secondary N) is 1. The van der Waals surface area contributed by atoms with Gasteiger partial charge in [-0.2, -0.15) is 0 Å². The third-order valence-corrected chi connectivity index (χ3v) is 6.42. The Bertz CT molecular complexity index is 821. The molecular weight excluding hydrogens is 360 g/mol. The molecule has 5 nitrogen and oxygen atoms in total. The fourth-order valence-corrected chi connectivity index (χ4v) is 5.05. The number of rotatable bonds is 5. The van der Waals surface area contributed by atoms with E-state index in [-0.39, 0.29) is 5.25 Å². The number of aromatic carboxylic acids is 1. The van der Waals surface area contributed by atoms with E-state index in [1.807, 2.05) is 17.8 Å². The predicted molar refractivity (Wildman–Crippen MR) is 108 cm³/mol. The van der Waals surface area contributed by atoms with Crippen LogP contribution in [0.2, 0.25) is 0 Å². The summed E-state index contributed by atoms with van der Waals surface area (Å²) in [5, 5.41) is 12.9. The van der Waals surface area contributed by atoms with Gasteiger partial charge in [-0.15, -0.1) is 11.8 Å². The summed E-state index contributed by atoms with van der Waals surface area (Å²) in [5.74, 6) is 0.881. The Hall–Kier alpha value is -2.02. The Labute approximate surface area is 163 Å². The van der Waals surface area contributed by atoms with Gasteiger partial charge in [-0.3, -0.25) is 4.90 Å². The summed E-state index contributed by atoms with van der Waals surface area (Å²) in [5.41, 5.74) is 3.67. The second kappa shape index (κ2) is 8.33. The molecule has 0 saturated carbocycles. The molecule has 2 heterocycles. The van der Waals surface area contributed by atoms with Crippen molar-refractivity contribution in [3.8, 4) is 5.75 Å². The first-order chi connectivity index (χ1) is 13.2. The standard InChI is InChI=1S/C21H24N2O3S/c24-21(25)15-5-6-19-18(13-15)20(17-4-2-1-3-16(17)14-26-19)27-12-11-23-9-7-22-8-10-23/h1-6,13,20,22H,7-12,14H2,(H,24,25). The predicted octanol–water partition coefficient (Wildman–Crippen LogP) is 3.01. The van der Waals surface area contributed by atoms with Gasteiger partial charge in [0.1, 0.15) is 12.4 Å². The van der Waals surface area contributed by atoms with E-state index in [2.05, 4.69) is 28.4 Å². The van der Waals surface area contributed by atoms with Crippen molar-refractivity contribution >= 4 is 17.7 Å². The first-order valence-corrected chi connectivity index (χ1v) is 10.4. The van der Waals surface area contributed by atoms with Crippen LogP contribution in [0.25, 0.3) is 0 Å². The van der Waals surface area contributed by atoms with Crippen LogP contribution in [0.4, 0.5) is 0 Å². The van der Waals surface area contributed by atoms with Crippen molar-refractivity contribution in [2.75, 3.05) is 38.5 Å². The number of nitrogens with zero attached hydrogens (tertiary/aromatic N) is 1. The lowest BCUT2D eigenvalue weighted by molar-refractivity contribution is 0.0696. The zero-order valence-electron chi connectivity index (χ0n) is 15.2. The molecule has 1 unspecified atom stereocenters. The van der Waals surface area contributed by atoms with Gasteiger partial charge in [-0.05, 0) is 29.3 Å². The maximum atomic E-state index is 11.5. The summed E-state index contributed by atoms with van der Waals surface area (Å²) in [6.07, 6.45) is 0. The maximum absolute atomic E-state index is 11.5.